The fraction of sp³-hybridized carbons (Fsp3) is 0.269. The molecule has 5 rings (SSSR count). The molecule has 0 radical (unpaired) electrons. The van der Waals surface area contributed by atoms with E-state index in [1.165, 1.54) is 6.08 Å². The highest BCUT2D eigenvalue weighted by molar-refractivity contribution is 6.36. The average Bonchev–Trinajstić information content (AvgIpc) is 3.50. The molecular weight excluding hydrogens is 462 g/mol. The van der Waals surface area contributed by atoms with E-state index < -0.39 is 0 Å². The number of aromatic nitrogens is 5. The molecule has 1 aliphatic rings. The summed E-state index contributed by atoms with van der Waals surface area (Å²) < 4.78 is 1.97. The van der Waals surface area contributed by atoms with Crippen molar-refractivity contribution >= 4 is 28.4 Å². The third kappa shape index (κ3) is 3.98. The molecule has 0 saturated carbocycles. The Kier molecular flexibility index (Phi) is 6.10. The lowest BCUT2D eigenvalue weighted by molar-refractivity contribution is -0.127. The normalized spacial score (nSPS) is 14.3. The Balaban J connectivity index is 1.73. The Bertz CT molecular complexity index is 1460. The average molecular weight is 486 g/mol. The van der Waals surface area contributed by atoms with E-state index in [0.29, 0.717) is 18.1 Å². The number of piperidine rings is 1. The van der Waals surface area contributed by atoms with Crippen molar-refractivity contribution in [2.75, 3.05) is 13.1 Å². The second kappa shape index (κ2) is 9.35. The van der Waals surface area contributed by atoms with Crippen molar-refractivity contribution in [2.24, 2.45) is 0 Å². The Labute approximate surface area is 207 Å². The molecule has 1 N–H and O–H groups in total. The molecular formula is C26H24ClN7O. The number of rotatable bonds is 5. The second-order valence-electron chi connectivity index (χ2n) is 8.67. The lowest BCUT2D eigenvalue weighted by atomic mass is 9.94. The van der Waals surface area contributed by atoms with Crippen molar-refractivity contribution < 1.29 is 4.79 Å². The molecule has 0 spiro atoms. The zero-order valence-electron chi connectivity index (χ0n) is 19.3. The fourth-order valence-corrected chi connectivity index (χ4v) is 5.14. The van der Waals surface area contributed by atoms with Gasteiger partial charge in [-0.15, -0.1) is 0 Å². The van der Waals surface area contributed by atoms with Crippen LogP contribution in [0.1, 0.15) is 30.1 Å². The highest BCUT2D eigenvalue weighted by atomic mass is 35.5. The maximum Gasteiger partial charge on any atom is 0.245 e. The Morgan fingerprint density at radius 1 is 1.34 bits per heavy atom. The number of aryl methyl sites for hydroxylation is 1. The van der Waals surface area contributed by atoms with Crippen molar-refractivity contribution in [2.45, 2.75) is 32.2 Å². The predicted molar refractivity (Wildman–Crippen MR) is 135 cm³/mol. The number of likely N-dealkylation sites (tertiary alicyclic amines) is 1. The molecule has 1 aliphatic heterocycles. The number of benzene rings is 1. The van der Waals surface area contributed by atoms with E-state index in [-0.39, 0.29) is 18.4 Å². The zero-order valence-corrected chi connectivity index (χ0v) is 20.1. The minimum atomic E-state index is -0.0632. The zero-order chi connectivity index (χ0) is 24.5. The first-order valence-corrected chi connectivity index (χ1v) is 11.8. The molecule has 1 fully saturated rings. The van der Waals surface area contributed by atoms with Crippen LogP contribution in [0.4, 0.5) is 0 Å². The van der Waals surface area contributed by atoms with E-state index in [2.05, 4.69) is 27.8 Å². The minimum absolute atomic E-state index is 0.0415. The Morgan fingerprint density at radius 2 is 2.14 bits per heavy atom. The van der Waals surface area contributed by atoms with Crippen molar-refractivity contribution in [1.29, 1.82) is 5.26 Å². The molecule has 0 aliphatic carbocycles. The summed E-state index contributed by atoms with van der Waals surface area (Å²) in [5.74, 6) is -0.0632. The highest BCUT2D eigenvalue weighted by Gasteiger charge is 2.30. The SMILES string of the molecule is C=CC(=O)N1CCC(n2nc(-c3cccnc3)c(-c3c(Cl)c(C)cc4[nH]ncc34)c2CC#N)CC1. The van der Waals surface area contributed by atoms with Gasteiger partial charge in [0.05, 0.1) is 41.0 Å². The van der Waals surface area contributed by atoms with E-state index in [1.807, 2.05) is 29.8 Å². The van der Waals surface area contributed by atoms with Gasteiger partial charge in [0.1, 0.15) is 5.69 Å². The van der Waals surface area contributed by atoms with Crippen LogP contribution in [0.5, 0.6) is 0 Å². The van der Waals surface area contributed by atoms with Crippen LogP contribution in [-0.2, 0) is 11.2 Å². The van der Waals surface area contributed by atoms with Gasteiger partial charge in [0, 0.05) is 47.6 Å². The Hall–Kier alpha value is -3.96. The molecule has 9 heteroatoms. The number of halogens is 1. The predicted octanol–water partition coefficient (Wildman–Crippen LogP) is 4.87. The summed E-state index contributed by atoms with van der Waals surface area (Å²) in [6.07, 6.45) is 8.23. The lowest BCUT2D eigenvalue weighted by Gasteiger charge is -2.32. The van der Waals surface area contributed by atoms with Crippen LogP contribution in [-0.4, -0.2) is 48.9 Å². The molecule has 1 saturated heterocycles. The van der Waals surface area contributed by atoms with E-state index in [4.69, 9.17) is 16.7 Å². The number of fused-ring (bicyclic) bond motifs is 1. The number of hydrogen-bond donors (Lipinski definition) is 1. The van der Waals surface area contributed by atoms with Crippen LogP contribution in [0.15, 0.2) is 49.4 Å². The number of nitriles is 1. The summed E-state index contributed by atoms with van der Waals surface area (Å²) in [4.78, 5) is 18.2. The summed E-state index contributed by atoms with van der Waals surface area (Å²) >= 11 is 6.93. The summed E-state index contributed by atoms with van der Waals surface area (Å²) in [5.41, 5.74) is 5.77. The molecule has 1 amide bonds. The molecule has 3 aromatic heterocycles. The number of nitrogens with zero attached hydrogens (tertiary/aromatic N) is 6. The van der Waals surface area contributed by atoms with Crippen LogP contribution in [0.25, 0.3) is 33.3 Å². The summed E-state index contributed by atoms with van der Waals surface area (Å²) in [7, 11) is 0. The monoisotopic (exact) mass is 485 g/mol. The van der Waals surface area contributed by atoms with Gasteiger partial charge in [-0.2, -0.15) is 15.5 Å². The first-order valence-electron chi connectivity index (χ1n) is 11.5. The van der Waals surface area contributed by atoms with Crippen molar-refractivity contribution in [3.63, 3.8) is 0 Å². The lowest BCUT2D eigenvalue weighted by Crippen LogP contribution is -2.38. The van der Waals surface area contributed by atoms with Gasteiger partial charge in [-0.25, -0.2) is 0 Å². The molecule has 4 heterocycles. The third-order valence-corrected chi connectivity index (χ3v) is 7.09. The van der Waals surface area contributed by atoms with Gasteiger partial charge in [0.25, 0.3) is 0 Å². The molecule has 0 unspecified atom stereocenters. The molecule has 176 valence electrons. The number of carbonyl (C=O) groups excluding carboxylic acids is 1. The van der Waals surface area contributed by atoms with E-state index >= 15 is 0 Å². The maximum absolute atomic E-state index is 12.1. The summed E-state index contributed by atoms with van der Waals surface area (Å²) in [5, 5.41) is 23.6. The van der Waals surface area contributed by atoms with E-state index in [9.17, 15) is 10.1 Å². The third-order valence-electron chi connectivity index (χ3n) is 6.60. The number of pyridine rings is 1. The molecule has 4 aromatic rings. The van der Waals surface area contributed by atoms with Crippen LogP contribution in [0, 0.1) is 18.3 Å². The van der Waals surface area contributed by atoms with E-state index in [0.717, 1.165) is 57.4 Å². The standard InChI is InChI=1S/C26H24ClN7O/c1-3-22(35)33-11-7-18(8-12-33)34-21(6-9-28)24(26(32-34)17-5-4-10-29-14-17)23-19-15-30-31-20(19)13-16(2)25(23)27/h3-5,10,13-15,18H,1,6-8,11-12H2,2H3,(H,30,31). The number of H-pyrrole nitrogens is 1. The van der Waals surface area contributed by atoms with Crippen LogP contribution in [0.3, 0.4) is 0 Å². The number of aromatic amines is 1. The van der Waals surface area contributed by atoms with Gasteiger partial charge >= 0.3 is 0 Å². The maximum atomic E-state index is 12.1. The largest absolute Gasteiger partial charge is 0.339 e. The van der Waals surface area contributed by atoms with Crippen LogP contribution in [0.2, 0.25) is 5.02 Å². The van der Waals surface area contributed by atoms with Crippen molar-refractivity contribution in [3.05, 3.63) is 65.7 Å². The second-order valence-corrected chi connectivity index (χ2v) is 9.04. The van der Waals surface area contributed by atoms with Gasteiger partial charge in [-0.1, -0.05) is 18.2 Å². The van der Waals surface area contributed by atoms with Crippen molar-refractivity contribution in [1.82, 2.24) is 29.9 Å². The molecule has 0 bridgehead atoms. The molecule has 35 heavy (non-hydrogen) atoms. The molecule has 8 nitrogen and oxygen atoms in total. The number of hydrogen-bond acceptors (Lipinski definition) is 5. The topological polar surface area (TPSA) is 103 Å². The molecule has 1 aromatic carbocycles. The van der Waals surface area contributed by atoms with Gasteiger partial charge in [-0.05, 0) is 49.6 Å². The first-order chi connectivity index (χ1) is 17.0. The van der Waals surface area contributed by atoms with Crippen LogP contribution >= 0.6 is 11.6 Å². The Morgan fingerprint density at radius 3 is 2.83 bits per heavy atom. The number of amides is 1. The van der Waals surface area contributed by atoms with Crippen molar-refractivity contribution in [3.8, 4) is 28.5 Å². The molecule has 0 atom stereocenters. The number of nitrogens with one attached hydrogen (secondary N) is 1. The fourth-order valence-electron chi connectivity index (χ4n) is 4.89. The first kappa shape index (κ1) is 22.8. The number of carbonyl (C=O) groups is 1. The minimum Gasteiger partial charge on any atom is -0.339 e. The van der Waals surface area contributed by atoms with Crippen LogP contribution < -0.4 is 0 Å². The van der Waals surface area contributed by atoms with E-state index in [1.54, 1.807) is 23.5 Å². The highest BCUT2D eigenvalue weighted by Crippen LogP contribution is 2.44. The summed E-state index contributed by atoms with van der Waals surface area (Å²) in [6.45, 7) is 6.77. The van der Waals surface area contributed by atoms with Gasteiger partial charge in [0.2, 0.25) is 5.91 Å². The summed E-state index contributed by atoms with van der Waals surface area (Å²) in [6, 6.07) is 8.17. The van der Waals surface area contributed by atoms with Gasteiger partial charge in [0.15, 0.2) is 0 Å². The van der Waals surface area contributed by atoms with Gasteiger partial charge < -0.3 is 4.90 Å². The van der Waals surface area contributed by atoms with Gasteiger partial charge in [-0.3, -0.25) is 19.6 Å². The quantitative estimate of drug-likeness (QED) is 0.406. The smallest absolute Gasteiger partial charge is 0.245 e.